The largest absolute Gasteiger partial charge is 0.390 e. The highest BCUT2D eigenvalue weighted by molar-refractivity contribution is 5.23. The van der Waals surface area contributed by atoms with Gasteiger partial charge in [-0.2, -0.15) is 9.94 Å². The third-order valence-corrected chi connectivity index (χ3v) is 1.60. The van der Waals surface area contributed by atoms with E-state index in [-0.39, 0.29) is 12.2 Å². The molecule has 68 valence electrons. The average molecular weight is 180 g/mol. The van der Waals surface area contributed by atoms with Crippen molar-refractivity contribution >= 4 is 5.82 Å². The summed E-state index contributed by atoms with van der Waals surface area (Å²) in [5.74, 6) is -0.202. The highest BCUT2D eigenvalue weighted by atomic mass is 16.6. The minimum Gasteiger partial charge on any atom is -0.358 e. The summed E-state index contributed by atoms with van der Waals surface area (Å²) in [6.45, 7) is 2.35. The first-order chi connectivity index (χ1) is 6.19. The van der Waals surface area contributed by atoms with E-state index in [1.807, 2.05) is 13.0 Å². The first-order valence-electron chi connectivity index (χ1n) is 3.77. The number of hydrogen-bond acceptors (Lipinski definition) is 4. The molecule has 0 atom stereocenters. The lowest BCUT2D eigenvalue weighted by atomic mass is 10.3. The molecule has 0 spiro atoms. The SMILES string of the molecule is CCn1nc([N+](=O)[O-])cc1CC#N. The van der Waals surface area contributed by atoms with Crippen LogP contribution in [-0.4, -0.2) is 14.7 Å². The van der Waals surface area contributed by atoms with Gasteiger partial charge in [0.1, 0.15) is 0 Å². The van der Waals surface area contributed by atoms with E-state index in [1.165, 1.54) is 10.7 Å². The minimum atomic E-state index is -0.562. The second kappa shape index (κ2) is 3.67. The molecule has 0 saturated carbocycles. The molecule has 1 aromatic heterocycles. The quantitative estimate of drug-likeness (QED) is 0.510. The van der Waals surface area contributed by atoms with Crippen molar-refractivity contribution < 1.29 is 4.92 Å². The van der Waals surface area contributed by atoms with Gasteiger partial charge in [0.25, 0.3) is 0 Å². The molecule has 0 aliphatic rings. The van der Waals surface area contributed by atoms with Crippen LogP contribution in [0.2, 0.25) is 0 Å². The van der Waals surface area contributed by atoms with Gasteiger partial charge in [0.2, 0.25) is 0 Å². The first kappa shape index (κ1) is 9.19. The number of nitro groups is 1. The molecule has 0 amide bonds. The molecule has 0 aliphatic carbocycles. The molecule has 0 aliphatic heterocycles. The van der Waals surface area contributed by atoms with E-state index in [0.29, 0.717) is 12.2 Å². The van der Waals surface area contributed by atoms with Crippen molar-refractivity contribution in [2.24, 2.45) is 0 Å². The van der Waals surface area contributed by atoms with Crippen LogP contribution in [0.15, 0.2) is 6.07 Å². The Morgan fingerprint density at radius 1 is 1.85 bits per heavy atom. The predicted molar refractivity (Wildman–Crippen MR) is 43.9 cm³/mol. The minimum absolute atomic E-state index is 0.147. The van der Waals surface area contributed by atoms with Crippen LogP contribution in [-0.2, 0) is 13.0 Å². The van der Waals surface area contributed by atoms with E-state index in [4.69, 9.17) is 5.26 Å². The van der Waals surface area contributed by atoms with Crippen LogP contribution in [0.3, 0.4) is 0 Å². The van der Waals surface area contributed by atoms with E-state index in [9.17, 15) is 10.1 Å². The maximum atomic E-state index is 10.3. The fourth-order valence-corrected chi connectivity index (χ4v) is 1.03. The van der Waals surface area contributed by atoms with Gasteiger partial charge in [0.05, 0.1) is 35.9 Å². The molecule has 0 N–H and O–H groups in total. The summed E-state index contributed by atoms with van der Waals surface area (Å²) in [6, 6.07) is 3.25. The summed E-state index contributed by atoms with van der Waals surface area (Å²) < 4.78 is 1.46. The Balaban J connectivity index is 3.05. The second-order valence-electron chi connectivity index (χ2n) is 2.40. The summed E-state index contributed by atoms with van der Waals surface area (Å²) in [5, 5.41) is 22.5. The van der Waals surface area contributed by atoms with Crippen molar-refractivity contribution in [3.8, 4) is 6.07 Å². The molecule has 0 fully saturated rings. The highest BCUT2D eigenvalue weighted by Crippen LogP contribution is 2.11. The molecule has 0 saturated heterocycles. The summed E-state index contributed by atoms with van der Waals surface area (Å²) >= 11 is 0. The Bertz CT molecular complexity index is 363. The molecule has 1 aromatic rings. The number of aryl methyl sites for hydroxylation is 1. The number of rotatable bonds is 3. The Kier molecular flexibility index (Phi) is 2.59. The lowest BCUT2D eigenvalue weighted by Gasteiger charge is -1.91. The molecular formula is C7H8N4O2. The van der Waals surface area contributed by atoms with E-state index >= 15 is 0 Å². The molecular weight excluding hydrogens is 172 g/mol. The molecule has 13 heavy (non-hydrogen) atoms. The lowest BCUT2D eigenvalue weighted by molar-refractivity contribution is -0.389. The molecule has 6 heteroatoms. The van der Waals surface area contributed by atoms with Crippen LogP contribution in [0.5, 0.6) is 0 Å². The second-order valence-corrected chi connectivity index (χ2v) is 2.40. The van der Waals surface area contributed by atoms with Crippen LogP contribution in [0, 0.1) is 21.4 Å². The Morgan fingerprint density at radius 2 is 2.54 bits per heavy atom. The van der Waals surface area contributed by atoms with Gasteiger partial charge >= 0.3 is 5.82 Å². The van der Waals surface area contributed by atoms with Gasteiger partial charge in [0, 0.05) is 0 Å². The van der Waals surface area contributed by atoms with Crippen molar-refractivity contribution in [2.45, 2.75) is 19.9 Å². The predicted octanol–water partition coefficient (Wildman–Crippen LogP) is 0.877. The lowest BCUT2D eigenvalue weighted by Crippen LogP contribution is -2.01. The summed E-state index contributed by atoms with van der Waals surface area (Å²) in [5.41, 5.74) is 0.580. The van der Waals surface area contributed by atoms with Gasteiger partial charge in [0.15, 0.2) is 0 Å². The average Bonchev–Trinajstić information content (AvgIpc) is 2.48. The Hall–Kier alpha value is -1.90. The van der Waals surface area contributed by atoms with Crippen LogP contribution >= 0.6 is 0 Å². The first-order valence-corrected chi connectivity index (χ1v) is 3.77. The van der Waals surface area contributed by atoms with Gasteiger partial charge in [-0.15, -0.1) is 0 Å². The zero-order valence-corrected chi connectivity index (χ0v) is 7.10. The molecule has 1 heterocycles. The molecule has 6 nitrogen and oxygen atoms in total. The smallest absolute Gasteiger partial charge is 0.358 e. The maximum Gasteiger partial charge on any atom is 0.390 e. The summed E-state index contributed by atoms with van der Waals surface area (Å²) in [4.78, 5) is 9.77. The van der Waals surface area contributed by atoms with Gasteiger partial charge in [-0.25, -0.2) is 0 Å². The van der Waals surface area contributed by atoms with E-state index in [1.54, 1.807) is 0 Å². The van der Waals surface area contributed by atoms with Crippen molar-refractivity contribution in [3.05, 3.63) is 21.9 Å². The molecule has 0 unspecified atom stereocenters. The number of nitrogens with zero attached hydrogens (tertiary/aromatic N) is 4. The zero-order valence-electron chi connectivity index (χ0n) is 7.10. The Morgan fingerprint density at radius 3 is 3.00 bits per heavy atom. The fraction of sp³-hybridized carbons (Fsp3) is 0.429. The van der Waals surface area contributed by atoms with Gasteiger partial charge < -0.3 is 10.1 Å². The van der Waals surface area contributed by atoms with E-state index < -0.39 is 4.92 Å². The molecule has 0 aromatic carbocycles. The maximum absolute atomic E-state index is 10.3. The van der Waals surface area contributed by atoms with Crippen molar-refractivity contribution in [3.63, 3.8) is 0 Å². The Labute approximate surface area is 74.5 Å². The molecule has 0 radical (unpaired) electrons. The summed E-state index contributed by atoms with van der Waals surface area (Å²) in [6.07, 6.45) is 0.147. The van der Waals surface area contributed by atoms with Crippen molar-refractivity contribution in [1.29, 1.82) is 5.26 Å². The fourth-order valence-electron chi connectivity index (χ4n) is 1.03. The van der Waals surface area contributed by atoms with Crippen LogP contribution < -0.4 is 0 Å². The number of aromatic nitrogens is 2. The number of nitriles is 1. The van der Waals surface area contributed by atoms with E-state index in [0.717, 1.165) is 0 Å². The zero-order chi connectivity index (χ0) is 9.84. The van der Waals surface area contributed by atoms with Gasteiger partial charge in [-0.3, -0.25) is 0 Å². The highest BCUT2D eigenvalue weighted by Gasteiger charge is 2.16. The number of hydrogen-bond donors (Lipinski definition) is 0. The topological polar surface area (TPSA) is 84.8 Å². The van der Waals surface area contributed by atoms with Crippen LogP contribution in [0.1, 0.15) is 12.6 Å². The van der Waals surface area contributed by atoms with Crippen molar-refractivity contribution in [1.82, 2.24) is 9.78 Å². The third kappa shape index (κ3) is 1.82. The van der Waals surface area contributed by atoms with Crippen LogP contribution in [0.4, 0.5) is 5.82 Å². The normalized spacial score (nSPS) is 9.54. The monoisotopic (exact) mass is 180 g/mol. The van der Waals surface area contributed by atoms with Gasteiger partial charge in [-0.1, -0.05) is 0 Å². The molecule has 1 rings (SSSR count). The molecule has 0 bridgehead atoms. The van der Waals surface area contributed by atoms with Gasteiger partial charge in [-0.05, 0) is 11.8 Å². The van der Waals surface area contributed by atoms with Crippen molar-refractivity contribution in [2.75, 3.05) is 0 Å². The standard InChI is InChI=1S/C7H8N4O2/c1-2-10-6(3-4-8)5-7(9-10)11(12)13/h5H,2-3H2,1H3. The summed E-state index contributed by atoms with van der Waals surface area (Å²) in [7, 11) is 0. The van der Waals surface area contributed by atoms with E-state index in [2.05, 4.69) is 5.10 Å². The third-order valence-electron chi connectivity index (χ3n) is 1.60. The van der Waals surface area contributed by atoms with Crippen LogP contribution in [0.25, 0.3) is 0 Å².